The van der Waals surface area contributed by atoms with Gasteiger partial charge in [0, 0.05) is 6.07 Å². The second kappa shape index (κ2) is 5.95. The van der Waals surface area contributed by atoms with Crippen molar-refractivity contribution in [3.05, 3.63) is 52.0 Å². The van der Waals surface area contributed by atoms with Gasteiger partial charge in [-0.1, -0.05) is 6.07 Å². The van der Waals surface area contributed by atoms with Crippen LogP contribution in [0.15, 0.2) is 30.6 Å². The average molecular weight is 289 g/mol. The lowest BCUT2D eigenvalue weighted by Gasteiger charge is -2.08. The van der Waals surface area contributed by atoms with Crippen LogP contribution < -0.4 is 4.74 Å². The van der Waals surface area contributed by atoms with Crippen molar-refractivity contribution < 1.29 is 19.2 Å². The second-order valence-corrected chi connectivity index (χ2v) is 3.99. The Hall–Kier alpha value is -3.03. The molecule has 1 aromatic carbocycles. The van der Waals surface area contributed by atoms with Crippen LogP contribution in [0.1, 0.15) is 16.1 Å². The lowest BCUT2D eigenvalue weighted by Crippen LogP contribution is -2.05. The van der Waals surface area contributed by atoms with Gasteiger partial charge in [-0.3, -0.25) is 15.1 Å². The van der Waals surface area contributed by atoms with Gasteiger partial charge in [0.1, 0.15) is 5.75 Å². The lowest BCUT2D eigenvalue weighted by atomic mass is 10.2. The van der Waals surface area contributed by atoms with Gasteiger partial charge in [0.2, 0.25) is 5.88 Å². The topological polar surface area (TPSA) is 104 Å². The van der Waals surface area contributed by atoms with Crippen LogP contribution in [0.2, 0.25) is 0 Å². The first-order chi connectivity index (χ1) is 10.0. The smallest absolute Gasteiger partial charge is 0.358 e. The summed E-state index contributed by atoms with van der Waals surface area (Å²) in [6.07, 6.45) is 2.53. The van der Waals surface area contributed by atoms with Crippen LogP contribution in [0.3, 0.4) is 0 Å². The first-order valence-electron chi connectivity index (χ1n) is 5.85. The molecule has 2 aromatic rings. The number of nitro benzene ring substituents is 1. The van der Waals surface area contributed by atoms with Crippen molar-refractivity contribution in [3.63, 3.8) is 0 Å². The number of nitrogens with zero attached hydrogens (tertiary/aromatic N) is 3. The number of carbonyl (C=O) groups excluding carboxylic acids is 1. The number of ether oxygens (including phenoxy) is 2. The summed E-state index contributed by atoms with van der Waals surface area (Å²) < 4.78 is 9.98. The van der Waals surface area contributed by atoms with Crippen LogP contribution in [-0.2, 0) is 4.74 Å². The lowest BCUT2D eigenvalue weighted by molar-refractivity contribution is -0.385. The Balaban J connectivity index is 2.33. The van der Waals surface area contributed by atoms with Gasteiger partial charge >= 0.3 is 5.97 Å². The fourth-order valence-electron chi connectivity index (χ4n) is 1.62. The summed E-state index contributed by atoms with van der Waals surface area (Å²) in [7, 11) is 1.22. The molecule has 1 aromatic heterocycles. The zero-order valence-corrected chi connectivity index (χ0v) is 11.3. The number of carbonyl (C=O) groups is 1. The highest BCUT2D eigenvalue weighted by atomic mass is 16.6. The Labute approximate surface area is 119 Å². The number of benzene rings is 1. The molecule has 0 N–H and O–H groups in total. The van der Waals surface area contributed by atoms with Gasteiger partial charge in [-0.05, 0) is 13.0 Å². The summed E-state index contributed by atoms with van der Waals surface area (Å²) in [6.45, 7) is 1.56. The maximum absolute atomic E-state index is 11.4. The second-order valence-electron chi connectivity index (χ2n) is 3.99. The van der Waals surface area contributed by atoms with E-state index in [2.05, 4.69) is 14.7 Å². The predicted molar refractivity (Wildman–Crippen MR) is 71.3 cm³/mol. The van der Waals surface area contributed by atoms with E-state index in [-0.39, 0.29) is 23.0 Å². The number of aromatic nitrogens is 2. The van der Waals surface area contributed by atoms with Gasteiger partial charge in [0.25, 0.3) is 5.69 Å². The van der Waals surface area contributed by atoms with E-state index >= 15 is 0 Å². The third kappa shape index (κ3) is 3.11. The molecule has 0 fully saturated rings. The molecule has 0 spiro atoms. The minimum atomic E-state index is -0.649. The Bertz CT molecular complexity index is 702. The molecule has 2 rings (SSSR count). The van der Waals surface area contributed by atoms with Crippen molar-refractivity contribution in [2.24, 2.45) is 0 Å². The molecule has 0 saturated carbocycles. The predicted octanol–water partition coefficient (Wildman–Crippen LogP) is 2.27. The van der Waals surface area contributed by atoms with Crippen LogP contribution in [0, 0.1) is 17.0 Å². The van der Waals surface area contributed by atoms with E-state index in [1.807, 2.05) is 0 Å². The van der Waals surface area contributed by atoms with Gasteiger partial charge in [-0.25, -0.2) is 9.78 Å². The molecule has 0 saturated heterocycles. The number of nitro groups is 1. The minimum Gasteiger partial charge on any atom is -0.464 e. The number of esters is 1. The van der Waals surface area contributed by atoms with E-state index in [4.69, 9.17) is 4.74 Å². The van der Waals surface area contributed by atoms with Crippen LogP contribution in [0.4, 0.5) is 5.69 Å². The standard InChI is InChI=1S/C13H11N3O5/c1-8-10(16(18)19)4-3-5-11(8)21-12-7-14-6-9(15-12)13(17)20-2/h3-7H,1-2H3. The largest absolute Gasteiger partial charge is 0.464 e. The molecule has 8 nitrogen and oxygen atoms in total. The minimum absolute atomic E-state index is 0.0157. The summed E-state index contributed by atoms with van der Waals surface area (Å²) in [4.78, 5) is 29.5. The quantitative estimate of drug-likeness (QED) is 0.483. The van der Waals surface area contributed by atoms with Crippen molar-refractivity contribution in [1.29, 1.82) is 0 Å². The Kier molecular flexibility index (Phi) is 4.07. The molecule has 0 unspecified atom stereocenters. The fourth-order valence-corrected chi connectivity index (χ4v) is 1.62. The summed E-state index contributed by atoms with van der Waals surface area (Å²) in [5.74, 6) is -0.342. The van der Waals surface area contributed by atoms with Crippen molar-refractivity contribution >= 4 is 11.7 Å². The molecule has 0 atom stereocenters. The highest BCUT2D eigenvalue weighted by Crippen LogP contribution is 2.29. The number of hydrogen-bond donors (Lipinski definition) is 0. The SMILES string of the molecule is COC(=O)c1cncc(Oc2cccc([N+](=O)[O-])c2C)n1. The van der Waals surface area contributed by atoms with E-state index in [0.717, 1.165) is 0 Å². The average Bonchev–Trinajstić information content (AvgIpc) is 2.48. The van der Waals surface area contributed by atoms with Crippen LogP contribution in [-0.4, -0.2) is 28.0 Å². The molecule has 108 valence electrons. The molecule has 0 aliphatic carbocycles. The highest BCUT2D eigenvalue weighted by Gasteiger charge is 2.16. The molecule has 0 bridgehead atoms. The first-order valence-corrected chi connectivity index (χ1v) is 5.85. The molecular formula is C13H11N3O5. The monoisotopic (exact) mass is 289 g/mol. The molecule has 1 heterocycles. The van der Waals surface area contributed by atoms with Crippen molar-refractivity contribution in [1.82, 2.24) is 9.97 Å². The summed E-state index contributed by atoms with van der Waals surface area (Å²) >= 11 is 0. The van der Waals surface area contributed by atoms with Gasteiger partial charge < -0.3 is 9.47 Å². The normalized spacial score (nSPS) is 10.0. The fraction of sp³-hybridized carbons (Fsp3) is 0.154. The van der Waals surface area contributed by atoms with Crippen LogP contribution in [0.5, 0.6) is 11.6 Å². The van der Waals surface area contributed by atoms with E-state index in [1.54, 1.807) is 13.0 Å². The molecule has 0 aliphatic heterocycles. The number of hydrogen-bond acceptors (Lipinski definition) is 7. The highest BCUT2D eigenvalue weighted by molar-refractivity contribution is 5.86. The molecule has 0 radical (unpaired) electrons. The Morgan fingerprint density at radius 2 is 2.10 bits per heavy atom. The number of methoxy groups -OCH3 is 1. The summed E-state index contributed by atoms with van der Waals surface area (Å²) in [6, 6.07) is 4.44. The molecule has 0 aliphatic rings. The molecule has 8 heteroatoms. The Morgan fingerprint density at radius 1 is 1.33 bits per heavy atom. The molecular weight excluding hydrogens is 278 g/mol. The van der Waals surface area contributed by atoms with E-state index < -0.39 is 10.9 Å². The first kappa shape index (κ1) is 14.4. The van der Waals surface area contributed by atoms with Gasteiger partial charge in [0.05, 0.1) is 30.0 Å². The summed E-state index contributed by atoms with van der Waals surface area (Å²) in [5, 5.41) is 10.9. The maximum Gasteiger partial charge on any atom is 0.358 e. The zero-order chi connectivity index (χ0) is 15.4. The van der Waals surface area contributed by atoms with Crippen LogP contribution >= 0.6 is 0 Å². The van der Waals surface area contributed by atoms with E-state index in [0.29, 0.717) is 5.56 Å². The molecule has 0 amide bonds. The maximum atomic E-state index is 11.4. The van der Waals surface area contributed by atoms with Crippen molar-refractivity contribution in [2.45, 2.75) is 6.92 Å². The molecule has 21 heavy (non-hydrogen) atoms. The number of rotatable bonds is 4. The van der Waals surface area contributed by atoms with E-state index in [9.17, 15) is 14.9 Å². The summed E-state index contributed by atoms with van der Waals surface area (Å²) in [5.41, 5.74) is 0.274. The van der Waals surface area contributed by atoms with Crippen molar-refractivity contribution in [3.8, 4) is 11.6 Å². The van der Waals surface area contributed by atoms with Crippen LogP contribution in [0.25, 0.3) is 0 Å². The van der Waals surface area contributed by atoms with Gasteiger partial charge in [0.15, 0.2) is 5.69 Å². The third-order valence-electron chi connectivity index (χ3n) is 2.67. The van der Waals surface area contributed by atoms with Gasteiger partial charge in [-0.2, -0.15) is 0 Å². The third-order valence-corrected chi connectivity index (χ3v) is 2.67. The van der Waals surface area contributed by atoms with E-state index in [1.165, 1.54) is 31.6 Å². The van der Waals surface area contributed by atoms with Gasteiger partial charge in [-0.15, -0.1) is 0 Å². The van der Waals surface area contributed by atoms with Crippen molar-refractivity contribution in [2.75, 3.05) is 7.11 Å². The Morgan fingerprint density at radius 3 is 2.76 bits per heavy atom. The zero-order valence-electron chi connectivity index (χ0n) is 11.3.